The van der Waals surface area contributed by atoms with Crippen molar-refractivity contribution in [3.8, 4) is 22.8 Å². The second kappa shape index (κ2) is 9.42. The molecule has 2 aromatic carbocycles. The summed E-state index contributed by atoms with van der Waals surface area (Å²) >= 11 is 0.332. The van der Waals surface area contributed by atoms with Gasteiger partial charge in [-0.25, -0.2) is 0 Å². The Morgan fingerprint density at radius 3 is 2.62 bits per heavy atom. The highest BCUT2D eigenvalue weighted by Gasteiger charge is 2.16. The number of halogens is 2. The number of alkyl halides is 2. The topological polar surface area (TPSA) is 73.6 Å². The van der Waals surface area contributed by atoms with Crippen LogP contribution in [-0.2, 0) is 6.54 Å². The van der Waals surface area contributed by atoms with Crippen molar-refractivity contribution in [1.29, 1.82) is 0 Å². The molecule has 0 bridgehead atoms. The van der Waals surface area contributed by atoms with Crippen molar-refractivity contribution in [1.82, 2.24) is 10.5 Å². The van der Waals surface area contributed by atoms with Crippen molar-refractivity contribution in [3.05, 3.63) is 59.8 Å². The van der Waals surface area contributed by atoms with Crippen molar-refractivity contribution >= 4 is 17.7 Å². The first-order valence-corrected chi connectivity index (χ1v) is 9.39. The number of methoxy groups -OCH3 is 2. The van der Waals surface area contributed by atoms with E-state index >= 15 is 0 Å². The van der Waals surface area contributed by atoms with Crippen molar-refractivity contribution in [3.63, 3.8) is 0 Å². The summed E-state index contributed by atoms with van der Waals surface area (Å²) < 4.78 is 41.2. The van der Waals surface area contributed by atoms with Crippen LogP contribution in [0.5, 0.6) is 11.5 Å². The maximum Gasteiger partial charge on any atom is 0.288 e. The summed E-state index contributed by atoms with van der Waals surface area (Å²) in [6.07, 6.45) is 0. The van der Waals surface area contributed by atoms with Crippen molar-refractivity contribution in [2.75, 3.05) is 14.2 Å². The number of hydrogen-bond acceptors (Lipinski definition) is 6. The molecule has 0 saturated heterocycles. The van der Waals surface area contributed by atoms with Gasteiger partial charge in [0.25, 0.3) is 11.7 Å². The molecule has 0 radical (unpaired) electrons. The van der Waals surface area contributed by atoms with Crippen molar-refractivity contribution < 1.29 is 27.6 Å². The van der Waals surface area contributed by atoms with Crippen LogP contribution >= 0.6 is 11.8 Å². The first kappa shape index (κ1) is 20.7. The minimum atomic E-state index is -2.61. The van der Waals surface area contributed by atoms with E-state index in [4.69, 9.17) is 14.0 Å². The number of aromatic nitrogens is 1. The molecule has 1 N–H and O–H groups in total. The molecule has 152 valence electrons. The van der Waals surface area contributed by atoms with Crippen LogP contribution in [0.4, 0.5) is 8.78 Å². The molecule has 29 heavy (non-hydrogen) atoms. The van der Waals surface area contributed by atoms with Crippen LogP contribution in [0.1, 0.15) is 16.1 Å². The molecule has 3 aromatic rings. The molecule has 1 amide bonds. The maximum atomic E-state index is 12.7. The number of thioether (sulfide) groups is 1. The largest absolute Gasteiger partial charge is 0.493 e. The lowest BCUT2D eigenvalue weighted by molar-refractivity contribution is 0.0947. The molecule has 9 heteroatoms. The Balaban J connectivity index is 1.69. The lowest BCUT2D eigenvalue weighted by Gasteiger charge is -2.08. The average Bonchev–Trinajstić information content (AvgIpc) is 3.20. The standard InChI is InChI=1S/C20H18F2N2O4S/c1-26-15-8-7-12(9-17(15)27-2)16-10-13(24-28-16)11-23-19(25)14-5-3-4-6-18(14)29-20(21)22/h3-10,20H,11H2,1-2H3,(H,23,25). The molecule has 0 aliphatic carbocycles. The molecule has 0 spiro atoms. The SMILES string of the molecule is COc1ccc(-c2cc(CNC(=O)c3ccccc3SC(F)F)no2)cc1OC. The lowest BCUT2D eigenvalue weighted by Crippen LogP contribution is -2.23. The Morgan fingerprint density at radius 1 is 1.14 bits per heavy atom. The molecule has 0 unspecified atom stereocenters. The fourth-order valence-corrected chi connectivity index (χ4v) is 3.28. The van der Waals surface area contributed by atoms with E-state index in [1.54, 1.807) is 43.5 Å². The van der Waals surface area contributed by atoms with Gasteiger partial charge in [0.15, 0.2) is 17.3 Å². The molecule has 0 aliphatic rings. The summed E-state index contributed by atoms with van der Waals surface area (Å²) in [5.41, 5.74) is 1.40. The van der Waals surface area contributed by atoms with Gasteiger partial charge < -0.3 is 19.3 Å². The predicted octanol–water partition coefficient (Wildman–Crippen LogP) is 4.60. The number of benzene rings is 2. The highest BCUT2D eigenvalue weighted by molar-refractivity contribution is 7.99. The van der Waals surface area contributed by atoms with Crippen LogP contribution in [0.15, 0.2) is 57.9 Å². The first-order valence-electron chi connectivity index (χ1n) is 8.52. The van der Waals surface area contributed by atoms with Crippen LogP contribution < -0.4 is 14.8 Å². The number of rotatable bonds is 8. The summed E-state index contributed by atoms with van der Waals surface area (Å²) in [4.78, 5) is 12.6. The summed E-state index contributed by atoms with van der Waals surface area (Å²) in [6.45, 7) is 0.0866. The van der Waals surface area contributed by atoms with Crippen molar-refractivity contribution in [2.24, 2.45) is 0 Å². The average molecular weight is 420 g/mol. The van der Waals surface area contributed by atoms with Gasteiger partial charge in [-0.3, -0.25) is 4.79 Å². The van der Waals surface area contributed by atoms with Gasteiger partial charge in [0.2, 0.25) is 0 Å². The van der Waals surface area contributed by atoms with E-state index in [1.165, 1.54) is 19.2 Å². The number of hydrogen-bond donors (Lipinski definition) is 1. The summed E-state index contributed by atoms with van der Waals surface area (Å²) in [6, 6.07) is 13.2. The van der Waals surface area contributed by atoms with E-state index in [2.05, 4.69) is 10.5 Å². The summed E-state index contributed by atoms with van der Waals surface area (Å²) in [5, 5.41) is 6.61. The number of amides is 1. The second-order valence-electron chi connectivity index (χ2n) is 5.81. The lowest BCUT2D eigenvalue weighted by atomic mass is 10.1. The number of nitrogens with one attached hydrogen (secondary N) is 1. The normalized spacial score (nSPS) is 10.8. The highest BCUT2D eigenvalue weighted by Crippen LogP contribution is 2.32. The van der Waals surface area contributed by atoms with E-state index in [0.29, 0.717) is 34.7 Å². The van der Waals surface area contributed by atoms with E-state index in [-0.39, 0.29) is 17.0 Å². The summed E-state index contributed by atoms with van der Waals surface area (Å²) in [5.74, 6) is -1.45. The monoisotopic (exact) mass is 420 g/mol. The third-order valence-electron chi connectivity index (χ3n) is 4.00. The molecular formula is C20H18F2N2O4S. The zero-order valence-electron chi connectivity index (χ0n) is 15.6. The van der Waals surface area contributed by atoms with Crippen LogP contribution in [0.25, 0.3) is 11.3 Å². The molecule has 3 rings (SSSR count). The molecule has 0 fully saturated rings. The van der Waals surface area contributed by atoms with Crippen LogP contribution in [-0.4, -0.2) is 31.0 Å². The Labute approximate surface area is 170 Å². The van der Waals surface area contributed by atoms with Gasteiger partial charge in [0, 0.05) is 16.5 Å². The fraction of sp³-hybridized carbons (Fsp3) is 0.200. The predicted molar refractivity (Wildman–Crippen MR) is 105 cm³/mol. The number of carbonyl (C=O) groups excluding carboxylic acids is 1. The molecule has 1 heterocycles. The summed E-state index contributed by atoms with van der Waals surface area (Å²) in [7, 11) is 3.08. The second-order valence-corrected chi connectivity index (χ2v) is 6.84. The Bertz CT molecular complexity index is 994. The first-order chi connectivity index (χ1) is 14.0. The molecule has 1 aromatic heterocycles. The van der Waals surface area contributed by atoms with Gasteiger partial charge in [-0.1, -0.05) is 29.1 Å². The van der Waals surface area contributed by atoms with E-state index < -0.39 is 11.7 Å². The fourth-order valence-electron chi connectivity index (χ4n) is 2.64. The zero-order valence-corrected chi connectivity index (χ0v) is 16.5. The molecule has 6 nitrogen and oxygen atoms in total. The minimum Gasteiger partial charge on any atom is -0.493 e. The molecule has 0 saturated carbocycles. The third kappa shape index (κ3) is 5.05. The Kier molecular flexibility index (Phi) is 6.71. The molecule has 0 atom stereocenters. The van der Waals surface area contributed by atoms with Gasteiger partial charge in [0.1, 0.15) is 5.69 Å². The quantitative estimate of drug-likeness (QED) is 0.537. The van der Waals surface area contributed by atoms with Gasteiger partial charge in [-0.05, 0) is 30.3 Å². The zero-order chi connectivity index (χ0) is 20.8. The molecule has 0 aliphatic heterocycles. The number of nitrogens with zero attached hydrogens (tertiary/aromatic N) is 1. The Hall–Kier alpha value is -3.07. The highest BCUT2D eigenvalue weighted by atomic mass is 32.2. The van der Waals surface area contributed by atoms with Crippen LogP contribution in [0.2, 0.25) is 0 Å². The van der Waals surface area contributed by atoms with Crippen LogP contribution in [0.3, 0.4) is 0 Å². The van der Waals surface area contributed by atoms with E-state index in [9.17, 15) is 13.6 Å². The van der Waals surface area contributed by atoms with Gasteiger partial charge in [-0.2, -0.15) is 8.78 Å². The van der Waals surface area contributed by atoms with Gasteiger partial charge >= 0.3 is 0 Å². The number of ether oxygens (including phenoxy) is 2. The van der Waals surface area contributed by atoms with Crippen LogP contribution in [0, 0.1) is 0 Å². The van der Waals surface area contributed by atoms with Gasteiger partial charge in [-0.15, -0.1) is 0 Å². The minimum absolute atomic E-state index is 0.0866. The van der Waals surface area contributed by atoms with Gasteiger partial charge in [0.05, 0.1) is 26.3 Å². The van der Waals surface area contributed by atoms with Crippen molar-refractivity contribution in [2.45, 2.75) is 17.2 Å². The molecular weight excluding hydrogens is 402 g/mol. The smallest absolute Gasteiger partial charge is 0.288 e. The van der Waals surface area contributed by atoms with E-state index in [0.717, 1.165) is 5.56 Å². The van der Waals surface area contributed by atoms with E-state index in [1.807, 2.05) is 0 Å². The third-order valence-corrected chi connectivity index (χ3v) is 4.79. The maximum absolute atomic E-state index is 12.7. The number of carbonyl (C=O) groups is 1. The Morgan fingerprint density at radius 2 is 1.90 bits per heavy atom.